The quantitative estimate of drug-likeness (QED) is 0.713. The van der Waals surface area contributed by atoms with Gasteiger partial charge in [-0.05, 0) is 25.0 Å². The van der Waals surface area contributed by atoms with Gasteiger partial charge in [-0.3, -0.25) is 4.79 Å². The molecule has 0 amide bonds. The Morgan fingerprint density at radius 1 is 1.24 bits per heavy atom. The predicted molar refractivity (Wildman–Crippen MR) is 64.5 cm³/mol. The summed E-state index contributed by atoms with van der Waals surface area (Å²) in [5.74, 6) is 1.28. The van der Waals surface area contributed by atoms with Crippen molar-refractivity contribution in [2.75, 3.05) is 20.8 Å². The first-order valence-corrected chi connectivity index (χ1v) is 5.57. The van der Waals surface area contributed by atoms with Gasteiger partial charge in [0.2, 0.25) is 0 Å². The Hall–Kier alpha value is -1.71. The molecule has 0 heterocycles. The summed E-state index contributed by atoms with van der Waals surface area (Å²) >= 11 is 0. The summed E-state index contributed by atoms with van der Waals surface area (Å²) in [6.45, 7) is 2.21. The van der Waals surface area contributed by atoms with E-state index >= 15 is 0 Å². The molecule has 0 saturated carbocycles. The molecule has 0 aliphatic rings. The highest BCUT2D eigenvalue weighted by Crippen LogP contribution is 2.25. The Bertz CT molecular complexity index is 374. The van der Waals surface area contributed by atoms with E-state index in [0.29, 0.717) is 19.4 Å². The van der Waals surface area contributed by atoms with Crippen molar-refractivity contribution in [3.8, 4) is 11.5 Å². The molecule has 1 rings (SSSR count). The molecule has 0 aliphatic heterocycles. The van der Waals surface area contributed by atoms with Crippen molar-refractivity contribution in [1.82, 2.24) is 0 Å². The highest BCUT2D eigenvalue weighted by atomic mass is 16.5. The average molecular weight is 238 g/mol. The zero-order valence-corrected chi connectivity index (χ0v) is 10.5. The SMILES string of the molecule is CCOC(=O)CCc1ccc(OC)cc1OC. The highest BCUT2D eigenvalue weighted by molar-refractivity contribution is 5.69. The monoisotopic (exact) mass is 238 g/mol. The zero-order chi connectivity index (χ0) is 12.7. The second kappa shape index (κ2) is 6.78. The van der Waals surface area contributed by atoms with Crippen LogP contribution in [0, 0.1) is 0 Å². The first kappa shape index (κ1) is 13.4. The van der Waals surface area contributed by atoms with Gasteiger partial charge in [-0.15, -0.1) is 0 Å². The summed E-state index contributed by atoms with van der Waals surface area (Å²) in [5.41, 5.74) is 0.973. The summed E-state index contributed by atoms with van der Waals surface area (Å²) in [4.78, 5) is 11.3. The molecule has 4 nitrogen and oxygen atoms in total. The third-order valence-corrected chi connectivity index (χ3v) is 2.40. The number of methoxy groups -OCH3 is 2. The minimum Gasteiger partial charge on any atom is -0.497 e. The van der Waals surface area contributed by atoms with E-state index in [2.05, 4.69) is 0 Å². The summed E-state index contributed by atoms with van der Waals surface area (Å²) < 4.78 is 15.2. The maximum atomic E-state index is 11.3. The lowest BCUT2D eigenvalue weighted by molar-refractivity contribution is -0.143. The number of carbonyl (C=O) groups excluding carboxylic acids is 1. The largest absolute Gasteiger partial charge is 0.497 e. The van der Waals surface area contributed by atoms with E-state index in [4.69, 9.17) is 14.2 Å². The number of ether oxygens (including phenoxy) is 3. The van der Waals surface area contributed by atoms with E-state index in [9.17, 15) is 4.79 Å². The number of hydrogen-bond acceptors (Lipinski definition) is 4. The normalized spacial score (nSPS) is 9.82. The molecule has 0 fully saturated rings. The Labute approximate surface area is 101 Å². The molecular weight excluding hydrogens is 220 g/mol. The zero-order valence-electron chi connectivity index (χ0n) is 10.5. The fourth-order valence-corrected chi connectivity index (χ4v) is 1.53. The lowest BCUT2D eigenvalue weighted by Gasteiger charge is -2.10. The number of rotatable bonds is 6. The standard InChI is InChI=1S/C13H18O4/c1-4-17-13(14)8-6-10-5-7-11(15-2)9-12(10)16-3/h5,7,9H,4,6,8H2,1-3H3. The average Bonchev–Trinajstić information content (AvgIpc) is 2.36. The Morgan fingerprint density at radius 3 is 2.59 bits per heavy atom. The Morgan fingerprint density at radius 2 is 2.00 bits per heavy atom. The third-order valence-electron chi connectivity index (χ3n) is 2.40. The van der Waals surface area contributed by atoms with Crippen LogP contribution in [0.3, 0.4) is 0 Å². The van der Waals surface area contributed by atoms with Gasteiger partial charge in [-0.2, -0.15) is 0 Å². The molecule has 0 bridgehead atoms. The molecule has 17 heavy (non-hydrogen) atoms. The molecule has 1 aromatic carbocycles. The van der Waals surface area contributed by atoms with Crippen LogP contribution in [0.25, 0.3) is 0 Å². The molecule has 0 N–H and O–H groups in total. The second-order valence-electron chi connectivity index (χ2n) is 3.48. The van der Waals surface area contributed by atoms with Crippen molar-refractivity contribution in [3.05, 3.63) is 23.8 Å². The van der Waals surface area contributed by atoms with Crippen LogP contribution in [0.4, 0.5) is 0 Å². The Kier molecular flexibility index (Phi) is 5.33. The first-order valence-electron chi connectivity index (χ1n) is 5.57. The number of benzene rings is 1. The van der Waals surface area contributed by atoms with Gasteiger partial charge in [-0.25, -0.2) is 0 Å². The van der Waals surface area contributed by atoms with E-state index in [-0.39, 0.29) is 5.97 Å². The molecule has 1 aromatic rings. The summed E-state index contributed by atoms with van der Waals surface area (Å²) in [7, 11) is 3.20. The van der Waals surface area contributed by atoms with Gasteiger partial charge < -0.3 is 14.2 Å². The van der Waals surface area contributed by atoms with Crippen LogP contribution in [-0.4, -0.2) is 26.8 Å². The number of aryl methyl sites for hydroxylation is 1. The van der Waals surface area contributed by atoms with Crippen molar-refractivity contribution >= 4 is 5.97 Å². The minimum absolute atomic E-state index is 0.189. The van der Waals surface area contributed by atoms with E-state index in [1.807, 2.05) is 12.1 Å². The van der Waals surface area contributed by atoms with E-state index in [0.717, 1.165) is 17.1 Å². The molecule has 94 valence electrons. The molecule has 0 unspecified atom stereocenters. The lowest BCUT2D eigenvalue weighted by atomic mass is 10.1. The Balaban J connectivity index is 2.67. The van der Waals surface area contributed by atoms with Crippen LogP contribution >= 0.6 is 0 Å². The molecule has 4 heteroatoms. The number of esters is 1. The smallest absolute Gasteiger partial charge is 0.306 e. The van der Waals surface area contributed by atoms with Crippen LogP contribution < -0.4 is 9.47 Å². The van der Waals surface area contributed by atoms with E-state index in [1.165, 1.54) is 0 Å². The van der Waals surface area contributed by atoms with Gasteiger partial charge in [0.15, 0.2) is 0 Å². The van der Waals surface area contributed by atoms with Crippen molar-refractivity contribution in [3.63, 3.8) is 0 Å². The summed E-state index contributed by atoms with van der Waals surface area (Å²) in [6.07, 6.45) is 0.961. The molecule has 0 aliphatic carbocycles. The predicted octanol–water partition coefficient (Wildman–Crippen LogP) is 2.20. The fourth-order valence-electron chi connectivity index (χ4n) is 1.53. The molecule has 0 radical (unpaired) electrons. The van der Waals surface area contributed by atoms with Gasteiger partial charge in [0.05, 0.1) is 20.8 Å². The topological polar surface area (TPSA) is 44.8 Å². The maximum absolute atomic E-state index is 11.3. The minimum atomic E-state index is -0.189. The number of hydrogen-bond donors (Lipinski definition) is 0. The van der Waals surface area contributed by atoms with Crippen molar-refractivity contribution in [2.24, 2.45) is 0 Å². The fraction of sp³-hybridized carbons (Fsp3) is 0.462. The highest BCUT2D eigenvalue weighted by Gasteiger charge is 2.08. The third kappa shape index (κ3) is 3.98. The van der Waals surface area contributed by atoms with Gasteiger partial charge >= 0.3 is 5.97 Å². The summed E-state index contributed by atoms with van der Waals surface area (Å²) in [6, 6.07) is 5.56. The van der Waals surface area contributed by atoms with Gasteiger partial charge in [0.1, 0.15) is 11.5 Å². The molecular formula is C13H18O4. The van der Waals surface area contributed by atoms with Crippen LogP contribution in [0.15, 0.2) is 18.2 Å². The van der Waals surface area contributed by atoms with Crippen LogP contribution in [0.5, 0.6) is 11.5 Å². The lowest BCUT2D eigenvalue weighted by Crippen LogP contribution is -2.05. The maximum Gasteiger partial charge on any atom is 0.306 e. The van der Waals surface area contributed by atoms with Crippen molar-refractivity contribution < 1.29 is 19.0 Å². The van der Waals surface area contributed by atoms with Crippen LogP contribution in [0.2, 0.25) is 0 Å². The van der Waals surface area contributed by atoms with E-state index in [1.54, 1.807) is 27.2 Å². The van der Waals surface area contributed by atoms with Crippen molar-refractivity contribution in [2.45, 2.75) is 19.8 Å². The van der Waals surface area contributed by atoms with Gasteiger partial charge in [0, 0.05) is 12.5 Å². The molecule has 0 atom stereocenters. The van der Waals surface area contributed by atoms with Crippen LogP contribution in [0.1, 0.15) is 18.9 Å². The molecule has 0 spiro atoms. The van der Waals surface area contributed by atoms with Crippen LogP contribution in [-0.2, 0) is 16.0 Å². The van der Waals surface area contributed by atoms with E-state index < -0.39 is 0 Å². The number of carbonyl (C=O) groups is 1. The van der Waals surface area contributed by atoms with Gasteiger partial charge in [-0.1, -0.05) is 6.07 Å². The molecule has 0 saturated heterocycles. The van der Waals surface area contributed by atoms with Gasteiger partial charge in [0.25, 0.3) is 0 Å². The summed E-state index contributed by atoms with van der Waals surface area (Å²) in [5, 5.41) is 0. The van der Waals surface area contributed by atoms with Crippen molar-refractivity contribution in [1.29, 1.82) is 0 Å². The first-order chi connectivity index (χ1) is 8.21. The molecule has 0 aromatic heterocycles. The second-order valence-corrected chi connectivity index (χ2v) is 3.48.